The van der Waals surface area contributed by atoms with Gasteiger partial charge < -0.3 is 19.2 Å². The number of aliphatic carboxylic acids is 1. The van der Waals surface area contributed by atoms with Crippen molar-refractivity contribution in [2.45, 2.75) is 32.6 Å². The van der Waals surface area contributed by atoms with Crippen LogP contribution in [0.5, 0.6) is 5.75 Å². The number of para-hydroxylation sites is 1. The molecule has 0 bridgehead atoms. The molecular formula is C35H34N4O4. The van der Waals surface area contributed by atoms with Crippen LogP contribution < -0.4 is 9.64 Å². The summed E-state index contributed by atoms with van der Waals surface area (Å²) in [6.07, 6.45) is 1.50. The van der Waals surface area contributed by atoms with Gasteiger partial charge in [0.2, 0.25) is 5.89 Å². The van der Waals surface area contributed by atoms with E-state index < -0.39 is 11.9 Å². The largest absolute Gasteiger partial charge is 0.493 e. The fourth-order valence-electron chi connectivity index (χ4n) is 6.66. The lowest BCUT2D eigenvalue weighted by molar-refractivity contribution is -0.142. The number of aromatic nitrogens is 3. The summed E-state index contributed by atoms with van der Waals surface area (Å²) in [5.41, 5.74) is 4.59. The lowest BCUT2D eigenvalue weighted by Gasteiger charge is -2.20. The number of carboxylic acids is 1. The fraction of sp³-hybridized carbons (Fsp3) is 0.286. The minimum Gasteiger partial charge on any atom is -0.493 e. The second-order valence-corrected chi connectivity index (χ2v) is 11.7. The van der Waals surface area contributed by atoms with Crippen LogP contribution in [0.3, 0.4) is 0 Å². The molecule has 0 amide bonds. The second-order valence-electron chi connectivity index (χ2n) is 11.7. The lowest BCUT2D eigenvalue weighted by atomic mass is 9.88. The first-order chi connectivity index (χ1) is 20.9. The third kappa shape index (κ3) is 5.07. The summed E-state index contributed by atoms with van der Waals surface area (Å²) in [5.74, 6) is 2.17. The zero-order chi connectivity index (χ0) is 29.6. The van der Waals surface area contributed by atoms with Crippen LogP contribution in [0.15, 0.2) is 95.4 Å². The van der Waals surface area contributed by atoms with Crippen molar-refractivity contribution in [2.75, 3.05) is 24.6 Å². The quantitative estimate of drug-likeness (QED) is 0.216. The van der Waals surface area contributed by atoms with E-state index in [1.807, 2.05) is 91.3 Å². The normalized spacial score (nSPS) is 20.9. The first-order valence-electron chi connectivity index (χ1n) is 14.8. The van der Waals surface area contributed by atoms with Gasteiger partial charge in [0.05, 0.1) is 29.6 Å². The molecule has 2 fully saturated rings. The molecule has 1 N–H and O–H groups in total. The zero-order valence-electron chi connectivity index (χ0n) is 24.3. The highest BCUT2D eigenvalue weighted by molar-refractivity contribution is 5.75. The Hall–Kier alpha value is -4.85. The van der Waals surface area contributed by atoms with Crippen LogP contribution in [0.4, 0.5) is 5.82 Å². The number of nitrogens with zero attached hydrogens (tertiary/aromatic N) is 4. The van der Waals surface area contributed by atoms with E-state index in [1.54, 1.807) is 0 Å². The van der Waals surface area contributed by atoms with Gasteiger partial charge in [0, 0.05) is 36.6 Å². The van der Waals surface area contributed by atoms with Crippen LogP contribution >= 0.6 is 0 Å². The van der Waals surface area contributed by atoms with Crippen molar-refractivity contribution >= 4 is 11.8 Å². The van der Waals surface area contributed by atoms with Crippen LogP contribution in [0, 0.1) is 25.2 Å². The summed E-state index contributed by atoms with van der Waals surface area (Å²) < 4.78 is 13.9. The number of hydrogen-bond acceptors (Lipinski definition) is 6. The van der Waals surface area contributed by atoms with E-state index in [0.29, 0.717) is 32.0 Å². The van der Waals surface area contributed by atoms with Gasteiger partial charge in [-0.25, -0.2) is 9.67 Å². The van der Waals surface area contributed by atoms with Crippen molar-refractivity contribution in [1.82, 2.24) is 14.8 Å². The summed E-state index contributed by atoms with van der Waals surface area (Å²) >= 11 is 0. The highest BCUT2D eigenvalue weighted by atomic mass is 16.5. The fourth-order valence-corrected chi connectivity index (χ4v) is 6.66. The van der Waals surface area contributed by atoms with Gasteiger partial charge in [0.25, 0.3) is 0 Å². The molecule has 1 aliphatic carbocycles. The smallest absolute Gasteiger partial charge is 0.308 e. The number of hydrogen-bond donors (Lipinski definition) is 1. The summed E-state index contributed by atoms with van der Waals surface area (Å²) in [6, 6.07) is 30.1. The first kappa shape index (κ1) is 27.0. The highest BCUT2D eigenvalue weighted by Gasteiger charge is 2.66. The minimum absolute atomic E-state index is 0.191. The summed E-state index contributed by atoms with van der Waals surface area (Å²) in [7, 11) is 0. The Bertz CT molecular complexity index is 1750. The molecule has 43 heavy (non-hydrogen) atoms. The maximum absolute atomic E-state index is 12.5. The topological polar surface area (TPSA) is 93.6 Å². The molecule has 1 aliphatic heterocycles. The molecule has 3 aromatic carbocycles. The Morgan fingerprint density at radius 2 is 1.74 bits per heavy atom. The van der Waals surface area contributed by atoms with Gasteiger partial charge >= 0.3 is 5.97 Å². The monoisotopic (exact) mass is 574 g/mol. The van der Waals surface area contributed by atoms with Gasteiger partial charge in [-0.1, -0.05) is 48.5 Å². The predicted octanol–water partition coefficient (Wildman–Crippen LogP) is 6.46. The van der Waals surface area contributed by atoms with Gasteiger partial charge in [-0.05, 0) is 68.1 Å². The number of aryl methyl sites for hydroxylation is 2. The SMILES string of the molecule is Cc1cc(N2C[C@H](C(=O)O)[C@]3(C[C@@H]3c3ccc(OCCc4nc(-c5ccccc5)oc4C)cc3)C2)n(-c2ccccc2)n1. The number of oxazole rings is 1. The lowest BCUT2D eigenvalue weighted by Crippen LogP contribution is -2.25. The molecule has 1 saturated carbocycles. The van der Waals surface area contributed by atoms with E-state index in [2.05, 4.69) is 28.1 Å². The third-order valence-corrected chi connectivity index (χ3v) is 8.94. The Morgan fingerprint density at radius 1 is 1.02 bits per heavy atom. The molecule has 3 atom stereocenters. The maximum atomic E-state index is 12.5. The average molecular weight is 575 g/mol. The van der Waals surface area contributed by atoms with E-state index in [4.69, 9.17) is 14.3 Å². The van der Waals surface area contributed by atoms with Crippen LogP contribution in [0.1, 0.15) is 35.1 Å². The molecule has 218 valence electrons. The third-order valence-electron chi connectivity index (χ3n) is 8.94. The van der Waals surface area contributed by atoms with E-state index in [-0.39, 0.29) is 11.3 Å². The minimum atomic E-state index is -0.731. The second kappa shape index (κ2) is 10.8. The molecule has 7 rings (SSSR count). The molecule has 0 radical (unpaired) electrons. The summed E-state index contributed by atoms with van der Waals surface area (Å²) in [4.78, 5) is 19.4. The van der Waals surface area contributed by atoms with Crippen molar-refractivity contribution in [1.29, 1.82) is 0 Å². The standard InChI is InChI=1S/C35H34N4O4/c1-23-19-32(39(37-23)27-11-7-4-8-12-27)38-21-30(34(40)41)35(22-38)20-29(35)25-13-15-28(16-14-25)42-18-17-31-24(2)43-33(36-31)26-9-5-3-6-10-26/h3-16,19,29-30H,17-18,20-22H2,1-2H3,(H,40,41)/t29-,30-,35-/m1/s1. The molecular weight excluding hydrogens is 540 g/mol. The van der Waals surface area contributed by atoms with Crippen LogP contribution in [-0.4, -0.2) is 45.5 Å². The number of benzene rings is 3. The van der Waals surface area contributed by atoms with Crippen molar-refractivity contribution in [2.24, 2.45) is 11.3 Å². The number of rotatable bonds is 9. The molecule has 1 spiro atoms. The van der Waals surface area contributed by atoms with E-state index >= 15 is 0 Å². The average Bonchev–Trinajstić information content (AvgIpc) is 3.26. The van der Waals surface area contributed by atoms with Crippen LogP contribution in [-0.2, 0) is 11.2 Å². The number of anilines is 1. The van der Waals surface area contributed by atoms with Gasteiger partial charge in [0.1, 0.15) is 17.3 Å². The van der Waals surface area contributed by atoms with E-state index in [1.165, 1.54) is 0 Å². The zero-order valence-corrected chi connectivity index (χ0v) is 24.3. The van der Waals surface area contributed by atoms with Crippen molar-refractivity contribution in [3.63, 3.8) is 0 Å². The van der Waals surface area contributed by atoms with E-state index in [0.717, 1.165) is 52.0 Å². The van der Waals surface area contributed by atoms with Crippen LogP contribution in [0.2, 0.25) is 0 Å². The summed E-state index contributed by atoms with van der Waals surface area (Å²) in [5, 5.41) is 15.0. The van der Waals surface area contributed by atoms with Crippen molar-refractivity contribution < 1.29 is 19.1 Å². The molecule has 5 aromatic rings. The summed E-state index contributed by atoms with van der Waals surface area (Å²) in [6.45, 7) is 5.55. The Morgan fingerprint density at radius 3 is 2.47 bits per heavy atom. The van der Waals surface area contributed by atoms with Gasteiger partial charge in [0.15, 0.2) is 0 Å². The predicted molar refractivity (Wildman–Crippen MR) is 164 cm³/mol. The first-order valence-corrected chi connectivity index (χ1v) is 14.8. The van der Waals surface area contributed by atoms with Gasteiger partial charge in [-0.2, -0.15) is 5.10 Å². The molecule has 2 aromatic heterocycles. The molecule has 3 heterocycles. The van der Waals surface area contributed by atoms with Crippen molar-refractivity contribution in [3.05, 3.63) is 114 Å². The Kier molecular flexibility index (Phi) is 6.76. The van der Waals surface area contributed by atoms with Gasteiger partial charge in [-0.15, -0.1) is 0 Å². The van der Waals surface area contributed by atoms with Crippen molar-refractivity contribution in [3.8, 4) is 22.9 Å². The molecule has 2 aliphatic rings. The maximum Gasteiger partial charge on any atom is 0.308 e. The molecule has 8 heteroatoms. The number of carbonyl (C=O) groups is 1. The highest BCUT2D eigenvalue weighted by Crippen LogP contribution is 2.67. The molecule has 0 unspecified atom stereocenters. The molecule has 8 nitrogen and oxygen atoms in total. The molecule has 1 saturated heterocycles. The number of carboxylic acid groups (broad SMARTS) is 1. The Balaban J connectivity index is 1.02. The van der Waals surface area contributed by atoms with Crippen LogP contribution in [0.25, 0.3) is 17.1 Å². The van der Waals surface area contributed by atoms with E-state index in [9.17, 15) is 9.90 Å². The Labute approximate surface area is 250 Å². The number of ether oxygens (including phenoxy) is 1. The van der Waals surface area contributed by atoms with Gasteiger partial charge in [-0.3, -0.25) is 4.79 Å².